The summed E-state index contributed by atoms with van der Waals surface area (Å²) < 4.78 is 10.8. The predicted molar refractivity (Wildman–Crippen MR) is 84.6 cm³/mol. The van der Waals surface area contributed by atoms with Crippen LogP contribution < -0.4 is 9.47 Å². The highest BCUT2D eigenvalue weighted by atomic mass is 35.5. The maximum atomic E-state index is 6.05. The summed E-state index contributed by atoms with van der Waals surface area (Å²) in [4.78, 5) is 0. The second kappa shape index (κ2) is 6.50. The Bertz CT molecular complexity index is 658. The third-order valence-corrected chi connectivity index (χ3v) is 4.14. The van der Waals surface area contributed by atoms with Crippen molar-refractivity contribution in [2.45, 2.75) is 0 Å². The quantitative estimate of drug-likeness (QED) is 0.555. The van der Waals surface area contributed by atoms with E-state index in [0.717, 1.165) is 0 Å². The molecule has 2 aromatic carbocycles. The minimum atomic E-state index is 0.313. The van der Waals surface area contributed by atoms with Gasteiger partial charge in [0.15, 0.2) is 11.5 Å². The van der Waals surface area contributed by atoms with E-state index in [1.54, 1.807) is 6.07 Å². The predicted octanol–water partition coefficient (Wildman–Crippen LogP) is 6.75. The second-order valence-electron chi connectivity index (χ2n) is 3.72. The van der Waals surface area contributed by atoms with Gasteiger partial charge in [-0.25, -0.2) is 0 Å². The van der Waals surface area contributed by atoms with E-state index in [-0.39, 0.29) is 0 Å². The van der Waals surface area contributed by atoms with Gasteiger partial charge in [-0.3, -0.25) is 0 Å². The molecule has 0 aromatic heterocycles. The van der Waals surface area contributed by atoms with Crippen molar-refractivity contribution >= 4 is 58.0 Å². The van der Waals surface area contributed by atoms with E-state index in [2.05, 4.69) is 0 Å². The molecule has 20 heavy (non-hydrogen) atoms. The molecular formula is C13H7Cl5O2. The van der Waals surface area contributed by atoms with Crippen molar-refractivity contribution in [2.24, 2.45) is 0 Å². The standard InChI is InChI=1S/C13H7Cl5O2/c1-19-12-4-8(16)9(17)5-13(12)20-11-3-7(15)6(14)2-10(11)18/h2-5H,1H3. The van der Waals surface area contributed by atoms with Crippen LogP contribution in [0.3, 0.4) is 0 Å². The van der Waals surface area contributed by atoms with Crippen LogP contribution >= 0.6 is 58.0 Å². The van der Waals surface area contributed by atoms with Crippen molar-refractivity contribution in [3.8, 4) is 17.2 Å². The van der Waals surface area contributed by atoms with Gasteiger partial charge in [0.05, 0.1) is 32.2 Å². The van der Waals surface area contributed by atoms with Crippen molar-refractivity contribution in [1.82, 2.24) is 0 Å². The van der Waals surface area contributed by atoms with Crippen LogP contribution in [0.15, 0.2) is 24.3 Å². The summed E-state index contributed by atoms with van der Waals surface area (Å²) in [6.07, 6.45) is 0. The Morgan fingerprint density at radius 1 is 0.600 bits per heavy atom. The lowest BCUT2D eigenvalue weighted by atomic mass is 10.3. The average Bonchev–Trinajstić information content (AvgIpc) is 2.39. The fourth-order valence-electron chi connectivity index (χ4n) is 1.45. The maximum Gasteiger partial charge on any atom is 0.170 e. The lowest BCUT2D eigenvalue weighted by Crippen LogP contribution is -1.92. The summed E-state index contributed by atoms with van der Waals surface area (Å²) in [5, 5.41) is 1.66. The van der Waals surface area contributed by atoms with Gasteiger partial charge in [-0.1, -0.05) is 58.0 Å². The third-order valence-electron chi connectivity index (χ3n) is 2.40. The zero-order valence-corrected chi connectivity index (χ0v) is 13.8. The Morgan fingerprint density at radius 3 is 1.60 bits per heavy atom. The number of ether oxygens (including phenoxy) is 2. The van der Waals surface area contributed by atoms with Crippen LogP contribution in [0.25, 0.3) is 0 Å². The minimum absolute atomic E-state index is 0.313. The fourth-order valence-corrected chi connectivity index (χ4v) is 2.33. The molecule has 0 aliphatic heterocycles. The number of methoxy groups -OCH3 is 1. The summed E-state index contributed by atoms with van der Waals surface area (Å²) in [5.41, 5.74) is 0. The molecule has 2 rings (SSSR count). The molecule has 0 unspecified atom stereocenters. The number of rotatable bonds is 3. The first kappa shape index (κ1) is 15.9. The molecular weight excluding hydrogens is 365 g/mol. The molecule has 0 fully saturated rings. The van der Waals surface area contributed by atoms with E-state index < -0.39 is 0 Å². The third kappa shape index (κ3) is 3.38. The molecule has 0 atom stereocenters. The van der Waals surface area contributed by atoms with Gasteiger partial charge in [-0.05, 0) is 6.07 Å². The Morgan fingerprint density at radius 2 is 1.05 bits per heavy atom. The van der Waals surface area contributed by atoms with Gasteiger partial charge < -0.3 is 9.47 Å². The Labute approximate surface area is 141 Å². The highest BCUT2D eigenvalue weighted by Crippen LogP contribution is 2.41. The average molecular weight is 372 g/mol. The van der Waals surface area contributed by atoms with E-state index in [0.29, 0.717) is 42.4 Å². The molecule has 2 nitrogen and oxygen atoms in total. The van der Waals surface area contributed by atoms with Crippen molar-refractivity contribution in [1.29, 1.82) is 0 Å². The molecule has 0 spiro atoms. The number of halogens is 5. The lowest BCUT2D eigenvalue weighted by Gasteiger charge is -2.13. The molecule has 0 heterocycles. The zero-order chi connectivity index (χ0) is 14.9. The van der Waals surface area contributed by atoms with E-state index >= 15 is 0 Å². The van der Waals surface area contributed by atoms with E-state index in [4.69, 9.17) is 67.5 Å². The molecule has 0 aliphatic carbocycles. The van der Waals surface area contributed by atoms with E-state index in [1.165, 1.54) is 25.3 Å². The largest absolute Gasteiger partial charge is 0.493 e. The van der Waals surface area contributed by atoms with Gasteiger partial charge in [0.2, 0.25) is 0 Å². The first-order chi connectivity index (χ1) is 9.42. The molecule has 0 saturated carbocycles. The molecule has 106 valence electrons. The van der Waals surface area contributed by atoms with E-state index in [1.807, 2.05) is 0 Å². The monoisotopic (exact) mass is 370 g/mol. The highest BCUT2D eigenvalue weighted by molar-refractivity contribution is 6.43. The number of benzene rings is 2. The zero-order valence-electron chi connectivity index (χ0n) is 10.0. The summed E-state index contributed by atoms with van der Waals surface area (Å²) >= 11 is 29.7. The van der Waals surface area contributed by atoms with Crippen LogP contribution in [0.2, 0.25) is 25.1 Å². The summed E-state index contributed by atoms with van der Waals surface area (Å²) in [6, 6.07) is 6.07. The van der Waals surface area contributed by atoms with Gasteiger partial charge >= 0.3 is 0 Å². The molecule has 2 aromatic rings. The van der Waals surface area contributed by atoms with Crippen LogP contribution in [0, 0.1) is 0 Å². The van der Waals surface area contributed by atoms with Gasteiger partial charge in [0.1, 0.15) is 5.75 Å². The minimum Gasteiger partial charge on any atom is -0.493 e. The van der Waals surface area contributed by atoms with Crippen LogP contribution in [0.4, 0.5) is 0 Å². The maximum absolute atomic E-state index is 6.05. The molecule has 0 aliphatic rings. The van der Waals surface area contributed by atoms with Gasteiger partial charge in [-0.15, -0.1) is 0 Å². The van der Waals surface area contributed by atoms with Crippen molar-refractivity contribution in [3.63, 3.8) is 0 Å². The van der Waals surface area contributed by atoms with Crippen molar-refractivity contribution < 1.29 is 9.47 Å². The first-order valence-corrected chi connectivity index (χ1v) is 7.16. The lowest BCUT2D eigenvalue weighted by molar-refractivity contribution is 0.379. The fraction of sp³-hybridized carbons (Fsp3) is 0.0769. The Balaban J connectivity index is 2.44. The molecule has 0 bridgehead atoms. The Hall–Kier alpha value is -0.510. The van der Waals surface area contributed by atoms with Crippen LogP contribution in [0.5, 0.6) is 17.2 Å². The van der Waals surface area contributed by atoms with Crippen LogP contribution in [-0.2, 0) is 0 Å². The smallest absolute Gasteiger partial charge is 0.170 e. The highest BCUT2D eigenvalue weighted by Gasteiger charge is 2.13. The van der Waals surface area contributed by atoms with Gasteiger partial charge in [-0.2, -0.15) is 0 Å². The first-order valence-electron chi connectivity index (χ1n) is 5.27. The molecule has 0 amide bonds. The van der Waals surface area contributed by atoms with Crippen molar-refractivity contribution in [3.05, 3.63) is 49.4 Å². The molecule has 0 N–H and O–H groups in total. The summed E-state index contributed by atoms with van der Waals surface area (Å²) in [5.74, 6) is 1.11. The number of hydrogen-bond acceptors (Lipinski definition) is 2. The summed E-state index contributed by atoms with van der Waals surface area (Å²) in [7, 11) is 1.49. The van der Waals surface area contributed by atoms with Gasteiger partial charge in [0.25, 0.3) is 0 Å². The topological polar surface area (TPSA) is 18.5 Å². The van der Waals surface area contributed by atoms with Gasteiger partial charge in [0, 0.05) is 18.2 Å². The normalized spacial score (nSPS) is 10.5. The SMILES string of the molecule is COc1cc(Cl)c(Cl)cc1Oc1cc(Cl)c(Cl)cc1Cl. The van der Waals surface area contributed by atoms with Crippen molar-refractivity contribution in [2.75, 3.05) is 7.11 Å². The Kier molecular flexibility index (Phi) is 5.16. The van der Waals surface area contributed by atoms with Crippen LogP contribution in [-0.4, -0.2) is 7.11 Å². The summed E-state index contributed by atoms with van der Waals surface area (Å²) in [6.45, 7) is 0. The molecule has 0 radical (unpaired) electrons. The second-order valence-corrected chi connectivity index (χ2v) is 5.75. The number of hydrogen-bond donors (Lipinski definition) is 0. The van der Waals surface area contributed by atoms with Crippen LogP contribution in [0.1, 0.15) is 0 Å². The molecule has 7 heteroatoms. The molecule has 0 saturated heterocycles. The van der Waals surface area contributed by atoms with E-state index in [9.17, 15) is 0 Å².